The quantitative estimate of drug-likeness (QED) is 0.157. The fraction of sp³-hybridized carbons (Fsp3) is 0.826. The summed E-state index contributed by atoms with van der Waals surface area (Å²) in [6, 6.07) is 0.286. The molecule has 2 fully saturated rings. The van der Waals surface area contributed by atoms with E-state index in [1.54, 1.807) is 0 Å². The minimum absolute atomic E-state index is 0.216. The Kier molecular flexibility index (Phi) is 10.5. The monoisotopic (exact) mass is 439 g/mol. The second-order valence-electron chi connectivity index (χ2n) is 9.06. The molecule has 2 rings (SSSR count). The maximum absolute atomic E-state index is 12.4. The van der Waals surface area contributed by atoms with E-state index >= 15 is 0 Å². The smallest absolute Gasteiger partial charge is 0.222 e. The Labute approximate surface area is 185 Å². The lowest BCUT2D eigenvalue weighted by molar-refractivity contribution is -0.133. The molecular formula is C23H41N3O3S. The molecule has 7 heteroatoms. The number of nitrogens with zero attached hydrogens (tertiary/aromatic N) is 1. The van der Waals surface area contributed by atoms with E-state index in [2.05, 4.69) is 43.0 Å². The van der Waals surface area contributed by atoms with E-state index in [1.807, 2.05) is 4.90 Å². The standard InChI is InChI=1S/C23H41N3O3S/c1-4-5-16-26(19(2)3)22(28)13-11-9-7-6-8-10-12-20-17-23(20,24-18-27)25-30(29)21-14-15-21/h10,12,18-21,25H,4-9,11,13-17H2,1-3H3,(H,24,27)/b12-10-/t20-,23?,30?/m1/s1. The molecule has 0 heterocycles. The zero-order valence-electron chi connectivity index (χ0n) is 19.0. The summed E-state index contributed by atoms with van der Waals surface area (Å²) < 4.78 is 15.3. The molecule has 0 aliphatic heterocycles. The Balaban J connectivity index is 1.57. The molecule has 0 bridgehead atoms. The number of unbranched alkanes of at least 4 members (excludes halogenated alkanes) is 5. The van der Waals surface area contributed by atoms with Gasteiger partial charge in [-0.25, -0.2) is 8.93 Å². The molecule has 0 aromatic carbocycles. The first-order valence-corrected chi connectivity index (χ1v) is 13.0. The van der Waals surface area contributed by atoms with Gasteiger partial charge in [0.05, 0.1) is 11.0 Å². The first-order valence-electron chi connectivity index (χ1n) is 11.8. The van der Waals surface area contributed by atoms with Gasteiger partial charge in [-0.3, -0.25) is 9.59 Å². The van der Waals surface area contributed by atoms with Crippen molar-refractivity contribution < 1.29 is 13.8 Å². The molecule has 2 aliphatic rings. The molecule has 2 amide bonds. The van der Waals surface area contributed by atoms with Crippen LogP contribution in [0.15, 0.2) is 12.2 Å². The summed E-state index contributed by atoms with van der Waals surface area (Å²) >= 11 is 0. The van der Waals surface area contributed by atoms with Crippen molar-refractivity contribution in [3.8, 4) is 0 Å². The number of rotatable bonds is 17. The highest BCUT2D eigenvalue weighted by molar-refractivity contribution is 7.84. The normalized spacial score (nSPS) is 24.2. The summed E-state index contributed by atoms with van der Waals surface area (Å²) in [5.74, 6) is 0.510. The van der Waals surface area contributed by atoms with E-state index in [-0.39, 0.29) is 17.2 Å². The van der Waals surface area contributed by atoms with Crippen LogP contribution in [-0.2, 0) is 20.6 Å². The second kappa shape index (κ2) is 12.6. The van der Waals surface area contributed by atoms with Gasteiger partial charge in [-0.15, -0.1) is 0 Å². The number of nitrogens with one attached hydrogen (secondary N) is 2. The number of hydrogen-bond donors (Lipinski definition) is 2. The molecule has 2 aliphatic carbocycles. The average Bonchev–Trinajstić information content (AvgIpc) is 3.61. The number of allylic oxidation sites excluding steroid dienone is 1. The molecular weight excluding hydrogens is 398 g/mol. The van der Waals surface area contributed by atoms with Gasteiger partial charge in [0.1, 0.15) is 5.66 Å². The van der Waals surface area contributed by atoms with E-state index in [9.17, 15) is 13.8 Å². The lowest BCUT2D eigenvalue weighted by Crippen LogP contribution is -2.47. The van der Waals surface area contributed by atoms with E-state index in [0.29, 0.717) is 18.7 Å². The Morgan fingerprint density at radius 3 is 2.57 bits per heavy atom. The average molecular weight is 440 g/mol. The summed E-state index contributed by atoms with van der Waals surface area (Å²) in [5, 5.41) is 3.09. The van der Waals surface area contributed by atoms with E-state index < -0.39 is 16.6 Å². The largest absolute Gasteiger partial charge is 0.340 e. The highest BCUT2D eigenvalue weighted by Gasteiger charge is 2.54. The van der Waals surface area contributed by atoms with E-state index in [0.717, 1.165) is 70.8 Å². The van der Waals surface area contributed by atoms with Gasteiger partial charge >= 0.3 is 0 Å². The van der Waals surface area contributed by atoms with Crippen molar-refractivity contribution in [2.24, 2.45) is 5.92 Å². The third-order valence-electron chi connectivity index (χ3n) is 6.02. The van der Waals surface area contributed by atoms with Crippen LogP contribution >= 0.6 is 0 Å². The van der Waals surface area contributed by atoms with Crippen molar-refractivity contribution in [3.05, 3.63) is 12.2 Å². The van der Waals surface area contributed by atoms with Gasteiger partial charge < -0.3 is 10.2 Å². The van der Waals surface area contributed by atoms with Crippen LogP contribution in [0, 0.1) is 5.92 Å². The predicted molar refractivity (Wildman–Crippen MR) is 123 cm³/mol. The lowest BCUT2D eigenvalue weighted by Gasteiger charge is -2.26. The zero-order valence-corrected chi connectivity index (χ0v) is 19.8. The Morgan fingerprint density at radius 2 is 1.93 bits per heavy atom. The maximum atomic E-state index is 12.4. The first-order chi connectivity index (χ1) is 14.4. The van der Waals surface area contributed by atoms with Crippen LogP contribution in [0.4, 0.5) is 0 Å². The first kappa shape index (κ1) is 25.1. The molecule has 2 saturated carbocycles. The molecule has 0 aromatic heterocycles. The number of carbonyl (C=O) groups excluding carboxylic acids is 2. The maximum Gasteiger partial charge on any atom is 0.222 e. The molecule has 0 radical (unpaired) electrons. The van der Waals surface area contributed by atoms with Crippen molar-refractivity contribution in [2.45, 2.75) is 108 Å². The highest BCUT2D eigenvalue weighted by Crippen LogP contribution is 2.43. The molecule has 172 valence electrons. The molecule has 6 nitrogen and oxygen atoms in total. The molecule has 2 N–H and O–H groups in total. The Bertz CT molecular complexity index is 607. The summed E-state index contributed by atoms with van der Waals surface area (Å²) in [4.78, 5) is 25.3. The number of carbonyl (C=O) groups is 2. The predicted octanol–water partition coefficient (Wildman–Crippen LogP) is 3.80. The van der Waals surface area contributed by atoms with Gasteiger partial charge in [0.2, 0.25) is 12.3 Å². The third kappa shape index (κ3) is 8.14. The van der Waals surface area contributed by atoms with Gasteiger partial charge in [-0.05, 0) is 58.8 Å². The van der Waals surface area contributed by atoms with E-state index in [4.69, 9.17) is 0 Å². The van der Waals surface area contributed by atoms with Crippen molar-refractivity contribution in [2.75, 3.05) is 6.54 Å². The Morgan fingerprint density at radius 1 is 1.20 bits per heavy atom. The molecule has 0 saturated heterocycles. The number of amides is 2. The molecule has 3 atom stereocenters. The fourth-order valence-electron chi connectivity index (χ4n) is 3.78. The third-order valence-corrected chi connectivity index (χ3v) is 7.66. The van der Waals surface area contributed by atoms with E-state index in [1.165, 1.54) is 0 Å². The summed E-state index contributed by atoms with van der Waals surface area (Å²) in [6.07, 6.45) is 16.0. The van der Waals surface area contributed by atoms with Crippen LogP contribution < -0.4 is 10.0 Å². The minimum Gasteiger partial charge on any atom is -0.340 e. The van der Waals surface area contributed by atoms with Gasteiger partial charge in [0.15, 0.2) is 0 Å². The van der Waals surface area contributed by atoms with Gasteiger partial charge in [0, 0.05) is 30.2 Å². The van der Waals surface area contributed by atoms with Crippen LogP contribution in [0.2, 0.25) is 0 Å². The zero-order chi connectivity index (χ0) is 22.0. The van der Waals surface area contributed by atoms with Crippen LogP contribution in [0.5, 0.6) is 0 Å². The van der Waals surface area contributed by atoms with Gasteiger partial charge in [-0.2, -0.15) is 0 Å². The minimum atomic E-state index is -1.05. The van der Waals surface area contributed by atoms with Crippen molar-refractivity contribution in [1.29, 1.82) is 0 Å². The lowest BCUT2D eigenvalue weighted by atomic mass is 10.1. The summed E-state index contributed by atoms with van der Waals surface area (Å²) in [5.41, 5.74) is -0.508. The molecule has 0 aromatic rings. The van der Waals surface area contributed by atoms with Gasteiger partial charge in [-0.1, -0.05) is 38.3 Å². The Hall–Kier alpha value is -1.21. The van der Waals surface area contributed by atoms with Crippen molar-refractivity contribution >= 4 is 23.3 Å². The fourth-order valence-corrected chi connectivity index (χ4v) is 5.16. The molecule has 0 spiro atoms. The van der Waals surface area contributed by atoms with Crippen LogP contribution in [0.25, 0.3) is 0 Å². The second-order valence-corrected chi connectivity index (χ2v) is 10.5. The highest BCUT2D eigenvalue weighted by atomic mass is 32.2. The topological polar surface area (TPSA) is 78.5 Å². The van der Waals surface area contributed by atoms with Crippen molar-refractivity contribution in [3.63, 3.8) is 0 Å². The number of hydrogen-bond acceptors (Lipinski definition) is 3. The SMILES string of the molecule is CCCCN(C(=O)CCCCCC/C=C\[C@@H]1CC1(NC=O)NS(=O)C1CC1)C(C)C. The van der Waals surface area contributed by atoms with Crippen LogP contribution in [0.3, 0.4) is 0 Å². The summed E-state index contributed by atoms with van der Waals surface area (Å²) in [7, 11) is -1.05. The molecule has 30 heavy (non-hydrogen) atoms. The van der Waals surface area contributed by atoms with Crippen LogP contribution in [-0.4, -0.2) is 44.9 Å². The molecule has 2 unspecified atom stereocenters. The summed E-state index contributed by atoms with van der Waals surface area (Å²) in [6.45, 7) is 7.23. The van der Waals surface area contributed by atoms with Crippen molar-refractivity contribution in [1.82, 2.24) is 14.9 Å². The van der Waals surface area contributed by atoms with Gasteiger partial charge in [0.25, 0.3) is 0 Å². The van der Waals surface area contributed by atoms with Crippen LogP contribution in [0.1, 0.15) is 91.4 Å².